The Hall–Kier alpha value is -0.120. The van der Waals surface area contributed by atoms with Gasteiger partial charge in [0, 0.05) is 32.8 Å². The Morgan fingerprint density at radius 3 is 2.78 bits per heavy atom. The molecule has 2 aliphatic heterocycles. The number of nitrogens with one attached hydrogen (secondary N) is 1. The highest BCUT2D eigenvalue weighted by Crippen LogP contribution is 2.32. The third kappa shape index (κ3) is 3.94. The van der Waals surface area contributed by atoms with Gasteiger partial charge in [0.05, 0.1) is 0 Å². The monoisotopic (exact) mass is 254 g/mol. The number of nitrogens with zero attached hydrogens (tertiary/aromatic N) is 1. The van der Waals surface area contributed by atoms with Crippen molar-refractivity contribution in [3.8, 4) is 0 Å². The molecule has 106 valence electrons. The summed E-state index contributed by atoms with van der Waals surface area (Å²) in [5.41, 5.74) is 0.464. The average Bonchev–Trinajstić information content (AvgIpc) is 2.38. The first-order valence-corrected chi connectivity index (χ1v) is 7.75. The van der Waals surface area contributed by atoms with E-state index in [2.05, 4.69) is 24.1 Å². The molecule has 0 aromatic heterocycles. The fourth-order valence-electron chi connectivity index (χ4n) is 3.49. The summed E-state index contributed by atoms with van der Waals surface area (Å²) in [6, 6.07) is 0. The molecule has 1 N–H and O–H groups in total. The Morgan fingerprint density at radius 1 is 1.33 bits per heavy atom. The molecule has 0 aliphatic carbocycles. The van der Waals surface area contributed by atoms with E-state index < -0.39 is 0 Å². The maximum atomic E-state index is 5.57. The number of hydrogen-bond donors (Lipinski definition) is 1. The highest BCUT2D eigenvalue weighted by Gasteiger charge is 2.34. The number of piperidine rings is 1. The summed E-state index contributed by atoms with van der Waals surface area (Å²) in [4.78, 5) is 2.71. The van der Waals surface area contributed by atoms with Crippen molar-refractivity contribution in [3.05, 3.63) is 0 Å². The number of ether oxygens (including phenoxy) is 1. The van der Waals surface area contributed by atoms with E-state index in [0.717, 1.165) is 32.2 Å². The lowest BCUT2D eigenvalue weighted by Gasteiger charge is -2.43. The van der Waals surface area contributed by atoms with Crippen molar-refractivity contribution in [2.24, 2.45) is 11.3 Å². The smallest absolute Gasteiger partial charge is 0.0472 e. The van der Waals surface area contributed by atoms with Gasteiger partial charge in [-0.25, -0.2) is 0 Å². The van der Waals surface area contributed by atoms with Crippen molar-refractivity contribution >= 4 is 0 Å². The lowest BCUT2D eigenvalue weighted by molar-refractivity contribution is -0.0101. The molecule has 2 fully saturated rings. The van der Waals surface area contributed by atoms with Gasteiger partial charge in [-0.05, 0) is 50.1 Å². The molecule has 2 heterocycles. The van der Waals surface area contributed by atoms with E-state index in [1.54, 1.807) is 0 Å². The molecule has 2 rings (SSSR count). The van der Waals surface area contributed by atoms with Crippen molar-refractivity contribution in [2.75, 3.05) is 45.9 Å². The molecule has 0 spiro atoms. The molecule has 3 heteroatoms. The second kappa shape index (κ2) is 6.88. The summed E-state index contributed by atoms with van der Waals surface area (Å²) in [6.45, 7) is 12.6. The first-order chi connectivity index (χ1) is 8.74. The fourth-order valence-corrected chi connectivity index (χ4v) is 3.49. The van der Waals surface area contributed by atoms with Crippen molar-refractivity contribution in [2.45, 2.75) is 39.5 Å². The van der Waals surface area contributed by atoms with Crippen LogP contribution in [0.2, 0.25) is 0 Å². The van der Waals surface area contributed by atoms with Crippen molar-refractivity contribution in [3.63, 3.8) is 0 Å². The van der Waals surface area contributed by atoms with Crippen LogP contribution in [0.3, 0.4) is 0 Å². The van der Waals surface area contributed by atoms with Crippen molar-refractivity contribution < 1.29 is 4.74 Å². The highest BCUT2D eigenvalue weighted by atomic mass is 16.5. The topological polar surface area (TPSA) is 24.5 Å². The van der Waals surface area contributed by atoms with E-state index in [0.29, 0.717) is 5.41 Å². The highest BCUT2D eigenvalue weighted by molar-refractivity contribution is 4.88. The molecule has 0 saturated carbocycles. The Bertz CT molecular complexity index is 239. The number of hydrogen-bond acceptors (Lipinski definition) is 3. The first-order valence-electron chi connectivity index (χ1n) is 7.75. The van der Waals surface area contributed by atoms with Crippen molar-refractivity contribution in [1.29, 1.82) is 0 Å². The van der Waals surface area contributed by atoms with Crippen LogP contribution in [0, 0.1) is 11.3 Å². The van der Waals surface area contributed by atoms with Crippen LogP contribution in [0.25, 0.3) is 0 Å². The average molecular weight is 254 g/mol. The summed E-state index contributed by atoms with van der Waals surface area (Å²) in [6.07, 6.45) is 5.25. The van der Waals surface area contributed by atoms with Gasteiger partial charge in [0.25, 0.3) is 0 Å². The third-order valence-corrected chi connectivity index (χ3v) is 4.60. The third-order valence-electron chi connectivity index (χ3n) is 4.60. The van der Waals surface area contributed by atoms with Crippen LogP contribution >= 0.6 is 0 Å². The molecule has 0 aromatic carbocycles. The van der Waals surface area contributed by atoms with Crippen LogP contribution < -0.4 is 5.32 Å². The van der Waals surface area contributed by atoms with Gasteiger partial charge < -0.3 is 15.0 Å². The second-order valence-electron chi connectivity index (χ2n) is 6.38. The van der Waals surface area contributed by atoms with Gasteiger partial charge >= 0.3 is 0 Å². The van der Waals surface area contributed by atoms with Crippen LogP contribution in [0.1, 0.15) is 39.5 Å². The molecule has 0 bridgehead atoms. The van der Waals surface area contributed by atoms with E-state index in [-0.39, 0.29) is 0 Å². The lowest BCUT2D eigenvalue weighted by atomic mass is 9.79. The SMILES string of the molecule is CCNCC1(CN2CCCC(C)C2)CCOCC1. The molecule has 3 nitrogen and oxygen atoms in total. The van der Waals surface area contributed by atoms with Crippen LogP contribution in [-0.2, 0) is 4.74 Å². The maximum absolute atomic E-state index is 5.57. The molecule has 1 unspecified atom stereocenters. The fraction of sp³-hybridized carbons (Fsp3) is 1.00. The molecular weight excluding hydrogens is 224 g/mol. The second-order valence-corrected chi connectivity index (χ2v) is 6.38. The zero-order chi connectivity index (χ0) is 12.8. The zero-order valence-electron chi connectivity index (χ0n) is 12.2. The van der Waals surface area contributed by atoms with Crippen LogP contribution in [0.4, 0.5) is 0 Å². The van der Waals surface area contributed by atoms with Gasteiger partial charge in [-0.1, -0.05) is 13.8 Å². The van der Waals surface area contributed by atoms with Gasteiger partial charge in [-0.3, -0.25) is 0 Å². The van der Waals surface area contributed by atoms with Gasteiger partial charge in [-0.2, -0.15) is 0 Å². The summed E-state index contributed by atoms with van der Waals surface area (Å²) in [5.74, 6) is 0.884. The molecular formula is C15H30N2O. The molecule has 2 aliphatic rings. The first kappa shape index (κ1) is 14.3. The predicted octanol–water partition coefficient (Wildman–Crippen LogP) is 2.12. The van der Waals surface area contributed by atoms with Crippen LogP contribution in [0.5, 0.6) is 0 Å². The minimum atomic E-state index is 0.464. The van der Waals surface area contributed by atoms with Gasteiger partial charge in [0.15, 0.2) is 0 Å². The van der Waals surface area contributed by atoms with E-state index >= 15 is 0 Å². The summed E-state index contributed by atoms with van der Waals surface area (Å²) in [7, 11) is 0. The lowest BCUT2D eigenvalue weighted by Crippen LogP contribution is -2.49. The normalized spacial score (nSPS) is 29.3. The molecule has 0 radical (unpaired) electrons. The van der Waals surface area contributed by atoms with E-state index in [9.17, 15) is 0 Å². The van der Waals surface area contributed by atoms with Gasteiger partial charge in [-0.15, -0.1) is 0 Å². The molecule has 2 saturated heterocycles. The summed E-state index contributed by atoms with van der Waals surface area (Å²) < 4.78 is 5.57. The Kier molecular flexibility index (Phi) is 5.46. The largest absolute Gasteiger partial charge is 0.381 e. The minimum Gasteiger partial charge on any atom is -0.381 e. The zero-order valence-corrected chi connectivity index (χ0v) is 12.2. The Balaban J connectivity index is 1.91. The maximum Gasteiger partial charge on any atom is 0.0472 e. The number of likely N-dealkylation sites (tertiary alicyclic amines) is 1. The molecule has 0 amide bonds. The molecule has 18 heavy (non-hydrogen) atoms. The van der Waals surface area contributed by atoms with Gasteiger partial charge in [0.2, 0.25) is 0 Å². The van der Waals surface area contributed by atoms with E-state index in [1.165, 1.54) is 45.3 Å². The summed E-state index contributed by atoms with van der Waals surface area (Å²) in [5, 5.41) is 3.58. The van der Waals surface area contributed by atoms with Crippen LogP contribution in [0.15, 0.2) is 0 Å². The standard InChI is InChI=1S/C15H30N2O/c1-3-16-12-15(6-9-18-10-7-15)13-17-8-4-5-14(2)11-17/h14,16H,3-13H2,1-2H3. The molecule has 1 atom stereocenters. The Morgan fingerprint density at radius 2 is 2.11 bits per heavy atom. The minimum absolute atomic E-state index is 0.464. The summed E-state index contributed by atoms with van der Waals surface area (Å²) >= 11 is 0. The van der Waals surface area contributed by atoms with E-state index in [4.69, 9.17) is 4.74 Å². The Labute approximate surface area is 112 Å². The van der Waals surface area contributed by atoms with Gasteiger partial charge in [0.1, 0.15) is 0 Å². The predicted molar refractivity (Wildman–Crippen MR) is 75.9 cm³/mol. The molecule has 0 aromatic rings. The van der Waals surface area contributed by atoms with Crippen molar-refractivity contribution in [1.82, 2.24) is 10.2 Å². The number of rotatable bonds is 5. The van der Waals surface area contributed by atoms with Crippen LogP contribution in [-0.4, -0.2) is 50.8 Å². The van der Waals surface area contributed by atoms with E-state index in [1.807, 2.05) is 0 Å². The quantitative estimate of drug-likeness (QED) is 0.813.